The molecule has 2 N–H and O–H groups in total. The molecule has 2 amide bonds. The zero-order valence-electron chi connectivity index (χ0n) is 20.5. The van der Waals surface area contributed by atoms with Crippen molar-refractivity contribution < 1.29 is 14.0 Å². The number of aromatic nitrogens is 2. The zero-order chi connectivity index (χ0) is 25.8. The third kappa shape index (κ3) is 6.27. The van der Waals surface area contributed by atoms with Crippen LogP contribution >= 0.6 is 11.6 Å². The Labute approximate surface area is 220 Å². The lowest BCUT2D eigenvalue weighted by Gasteiger charge is -2.20. The van der Waals surface area contributed by atoms with E-state index in [1.54, 1.807) is 18.0 Å². The molecular weight excluding hydrogens is 490 g/mol. The van der Waals surface area contributed by atoms with Crippen molar-refractivity contribution in [2.24, 2.45) is 0 Å². The molecule has 189 valence electrons. The van der Waals surface area contributed by atoms with Crippen LogP contribution in [0, 0.1) is 6.07 Å². The van der Waals surface area contributed by atoms with Crippen molar-refractivity contribution in [2.45, 2.75) is 38.1 Å². The number of nitrogens with one attached hydrogen (secondary N) is 2. The Bertz CT molecular complexity index is 1380. The van der Waals surface area contributed by atoms with Gasteiger partial charge in [0.25, 0.3) is 5.91 Å². The molecule has 5 rings (SSSR count). The number of hydrogen-bond acceptors (Lipinski definition) is 6. The minimum absolute atomic E-state index is 0.0423. The fraction of sp³-hybridized carbons (Fsp3) is 0.286. The van der Waals surface area contributed by atoms with E-state index in [1.807, 2.05) is 48.5 Å². The first-order valence-electron chi connectivity index (χ1n) is 12.3. The Balaban J connectivity index is 1.20. The number of amides is 2. The van der Waals surface area contributed by atoms with E-state index in [4.69, 9.17) is 16.0 Å². The van der Waals surface area contributed by atoms with Gasteiger partial charge in [-0.1, -0.05) is 54.8 Å². The van der Waals surface area contributed by atoms with E-state index in [-0.39, 0.29) is 35.3 Å². The average molecular weight is 517 g/mol. The summed E-state index contributed by atoms with van der Waals surface area (Å²) >= 11 is 6.21. The predicted octanol–water partition coefficient (Wildman–Crippen LogP) is 5.01. The molecule has 0 unspecified atom stereocenters. The highest BCUT2D eigenvalue weighted by molar-refractivity contribution is 6.29. The average Bonchev–Trinajstić information content (AvgIpc) is 3.54. The van der Waals surface area contributed by atoms with Gasteiger partial charge in [0.1, 0.15) is 22.4 Å². The highest BCUT2D eigenvalue weighted by atomic mass is 35.5. The molecular formula is C28H27ClN5O3. The number of benzene rings is 2. The molecule has 37 heavy (non-hydrogen) atoms. The SMILES string of the molecule is CN(CC(=O)NC1CCCC1)c1[c]c(Cl)nc(Cc2ccc(NC(=O)c3cc4ccccc4o3)cc2)n1. The van der Waals surface area contributed by atoms with Crippen LogP contribution in [0.2, 0.25) is 5.15 Å². The highest BCUT2D eigenvalue weighted by Gasteiger charge is 2.19. The van der Waals surface area contributed by atoms with E-state index >= 15 is 0 Å². The molecule has 0 aliphatic heterocycles. The van der Waals surface area contributed by atoms with Crippen LogP contribution in [-0.4, -0.2) is 41.4 Å². The summed E-state index contributed by atoms with van der Waals surface area (Å²) in [4.78, 5) is 35.6. The largest absolute Gasteiger partial charge is 0.451 e. The number of nitrogens with zero attached hydrogens (tertiary/aromatic N) is 3. The predicted molar refractivity (Wildman–Crippen MR) is 143 cm³/mol. The lowest BCUT2D eigenvalue weighted by molar-refractivity contribution is -0.120. The Kier molecular flexibility index (Phi) is 7.37. The van der Waals surface area contributed by atoms with Gasteiger partial charge in [0.05, 0.1) is 12.6 Å². The van der Waals surface area contributed by atoms with Gasteiger partial charge in [-0.3, -0.25) is 9.59 Å². The van der Waals surface area contributed by atoms with Crippen LogP contribution in [0.5, 0.6) is 0 Å². The third-order valence-corrected chi connectivity index (χ3v) is 6.54. The molecule has 0 spiro atoms. The Morgan fingerprint density at radius 1 is 1.11 bits per heavy atom. The molecule has 1 aliphatic rings. The van der Waals surface area contributed by atoms with Crippen LogP contribution in [0.25, 0.3) is 11.0 Å². The molecule has 0 saturated heterocycles. The van der Waals surface area contributed by atoms with Crippen LogP contribution in [0.4, 0.5) is 11.5 Å². The number of carbonyl (C=O) groups excluding carboxylic acids is 2. The van der Waals surface area contributed by atoms with E-state index in [9.17, 15) is 9.59 Å². The first-order chi connectivity index (χ1) is 17.9. The lowest BCUT2D eigenvalue weighted by Crippen LogP contribution is -2.40. The van der Waals surface area contributed by atoms with Crippen LogP contribution in [-0.2, 0) is 11.2 Å². The maximum Gasteiger partial charge on any atom is 0.291 e. The van der Waals surface area contributed by atoms with Crippen molar-refractivity contribution in [1.82, 2.24) is 15.3 Å². The van der Waals surface area contributed by atoms with Gasteiger partial charge < -0.3 is 20.0 Å². The monoisotopic (exact) mass is 516 g/mol. The van der Waals surface area contributed by atoms with E-state index in [2.05, 4.69) is 26.7 Å². The Morgan fingerprint density at radius 2 is 1.86 bits per heavy atom. The number of fused-ring (bicyclic) bond motifs is 1. The van der Waals surface area contributed by atoms with Crippen molar-refractivity contribution in [1.29, 1.82) is 0 Å². The number of halogens is 1. The summed E-state index contributed by atoms with van der Waals surface area (Å²) in [7, 11) is 1.78. The number of para-hydroxylation sites is 1. The molecule has 2 aromatic heterocycles. The first kappa shape index (κ1) is 24.8. The van der Waals surface area contributed by atoms with Crippen LogP contribution in [0.15, 0.2) is 59.0 Å². The van der Waals surface area contributed by atoms with Crippen molar-refractivity contribution in [2.75, 3.05) is 23.8 Å². The number of hydrogen-bond donors (Lipinski definition) is 2. The topological polar surface area (TPSA) is 100 Å². The second-order valence-electron chi connectivity index (χ2n) is 9.26. The normalized spacial score (nSPS) is 13.6. The molecule has 0 atom stereocenters. The summed E-state index contributed by atoms with van der Waals surface area (Å²) in [6.45, 7) is 0.166. The fourth-order valence-electron chi connectivity index (χ4n) is 4.48. The van der Waals surface area contributed by atoms with Crippen molar-refractivity contribution >= 4 is 45.9 Å². The first-order valence-corrected chi connectivity index (χ1v) is 12.7. The number of anilines is 2. The van der Waals surface area contributed by atoms with E-state index in [1.165, 1.54) is 0 Å². The Hall–Kier alpha value is -3.91. The summed E-state index contributed by atoms with van der Waals surface area (Å²) in [5.41, 5.74) is 2.25. The van der Waals surface area contributed by atoms with E-state index in [0.717, 1.165) is 36.6 Å². The van der Waals surface area contributed by atoms with Crippen LogP contribution in [0.3, 0.4) is 0 Å². The summed E-state index contributed by atoms with van der Waals surface area (Å²) in [5, 5.41) is 7.00. The molecule has 1 saturated carbocycles. The molecule has 1 radical (unpaired) electrons. The van der Waals surface area contributed by atoms with Gasteiger partial charge in [-0.15, -0.1) is 0 Å². The second-order valence-corrected chi connectivity index (χ2v) is 9.62. The molecule has 8 nitrogen and oxygen atoms in total. The molecule has 9 heteroatoms. The van der Waals surface area contributed by atoms with Crippen molar-refractivity contribution in [3.8, 4) is 0 Å². The van der Waals surface area contributed by atoms with Gasteiger partial charge in [-0.25, -0.2) is 9.97 Å². The molecule has 1 fully saturated rings. The summed E-state index contributed by atoms with van der Waals surface area (Å²) < 4.78 is 5.63. The fourth-order valence-corrected chi connectivity index (χ4v) is 4.66. The lowest BCUT2D eigenvalue weighted by atomic mass is 10.1. The molecule has 4 aromatic rings. The van der Waals surface area contributed by atoms with Gasteiger partial charge in [0.2, 0.25) is 5.91 Å². The van der Waals surface area contributed by atoms with Crippen LogP contribution in [0.1, 0.15) is 47.6 Å². The molecule has 1 aliphatic carbocycles. The molecule has 0 bridgehead atoms. The minimum atomic E-state index is -0.317. The van der Waals surface area contributed by atoms with Gasteiger partial charge in [0, 0.05) is 30.6 Å². The molecule has 2 heterocycles. The second kappa shape index (κ2) is 11.0. The van der Waals surface area contributed by atoms with Crippen molar-refractivity contribution in [3.05, 3.63) is 83.0 Å². The van der Waals surface area contributed by atoms with Gasteiger partial charge >= 0.3 is 0 Å². The van der Waals surface area contributed by atoms with Gasteiger partial charge in [-0.05, 0) is 42.7 Å². The van der Waals surface area contributed by atoms with Gasteiger partial charge in [0.15, 0.2) is 5.76 Å². The van der Waals surface area contributed by atoms with E-state index < -0.39 is 0 Å². The number of carbonyl (C=O) groups is 2. The standard InChI is InChI=1S/C28H27ClN5O3/c1-34(17-27(35)30-20-7-3-4-8-20)26-16-24(29)32-25(33-26)14-18-10-12-21(13-11-18)31-28(36)23-15-19-6-2-5-9-22(19)37-23/h2,5-6,9-13,15,20H,3-4,7-8,14,17H2,1H3,(H,30,35)(H,31,36). The smallest absolute Gasteiger partial charge is 0.291 e. The summed E-state index contributed by atoms with van der Waals surface area (Å²) in [6.07, 6.45) is 4.82. The highest BCUT2D eigenvalue weighted by Crippen LogP contribution is 2.21. The molecule has 2 aromatic carbocycles. The van der Waals surface area contributed by atoms with Crippen molar-refractivity contribution in [3.63, 3.8) is 0 Å². The summed E-state index contributed by atoms with van der Waals surface area (Å²) in [5.74, 6) is 0.872. The number of likely N-dealkylation sites (N-methyl/N-ethyl adjacent to an activating group) is 1. The van der Waals surface area contributed by atoms with Crippen LogP contribution < -0.4 is 15.5 Å². The minimum Gasteiger partial charge on any atom is -0.451 e. The quantitative estimate of drug-likeness (QED) is 0.319. The maximum atomic E-state index is 12.6. The zero-order valence-corrected chi connectivity index (χ0v) is 21.2. The number of furan rings is 1. The number of rotatable bonds is 8. The summed E-state index contributed by atoms with van der Waals surface area (Å²) in [6, 6.07) is 19.8. The van der Waals surface area contributed by atoms with E-state index in [0.29, 0.717) is 29.3 Å². The van der Waals surface area contributed by atoms with Gasteiger partial charge in [-0.2, -0.15) is 0 Å². The maximum absolute atomic E-state index is 12.6. The Morgan fingerprint density at radius 3 is 2.62 bits per heavy atom. The third-order valence-electron chi connectivity index (χ3n) is 6.36.